The molecule has 8 nitrogen and oxygen atoms in total. The molecule has 3 rings (SSSR count). The summed E-state index contributed by atoms with van der Waals surface area (Å²) < 4.78 is 0. The van der Waals surface area contributed by atoms with Crippen LogP contribution in [0, 0.1) is 5.41 Å². The van der Waals surface area contributed by atoms with Gasteiger partial charge >= 0.3 is 5.97 Å². The Morgan fingerprint density at radius 1 is 1.17 bits per heavy atom. The van der Waals surface area contributed by atoms with Crippen molar-refractivity contribution in [2.24, 2.45) is 5.73 Å². The number of fused-ring (bicyclic) bond motifs is 1. The van der Waals surface area contributed by atoms with Gasteiger partial charge in [-0.15, -0.1) is 0 Å². The van der Waals surface area contributed by atoms with Crippen LogP contribution < -0.4 is 16.4 Å². The third-order valence-electron chi connectivity index (χ3n) is 4.56. The van der Waals surface area contributed by atoms with Crippen LogP contribution in [-0.4, -0.2) is 34.6 Å². The molecule has 0 spiro atoms. The number of hydrogen-bond acceptors (Lipinski definition) is 5. The number of rotatable bonds is 5. The summed E-state index contributed by atoms with van der Waals surface area (Å²) >= 11 is 0. The third kappa shape index (κ3) is 7.05. The highest BCUT2D eigenvalue weighted by molar-refractivity contribution is 5.95. The number of benzene rings is 2. The fourth-order valence-corrected chi connectivity index (χ4v) is 2.95. The highest BCUT2D eigenvalue weighted by Gasteiger charge is 2.24. The number of nitrogens with two attached hydrogens (primary N) is 1. The van der Waals surface area contributed by atoms with Gasteiger partial charge in [0, 0.05) is 31.1 Å². The molecule has 1 aliphatic rings. The monoisotopic (exact) mass is 410 g/mol. The minimum atomic E-state index is -0.953. The Morgan fingerprint density at radius 2 is 1.83 bits per heavy atom. The van der Waals surface area contributed by atoms with Crippen LogP contribution in [0.4, 0.5) is 5.69 Å². The van der Waals surface area contributed by atoms with Gasteiger partial charge in [-0.1, -0.05) is 42.5 Å². The number of anilines is 1. The standard InChI is InChI=1S/C12H13NO3.C10H13N3O/c14-11-6-5-8-3-1-2-4-9(8)13-10(11)7-12(15)16;1-7(14)13-6-8-2-4-9(5-3-8)10(11)12/h1-4,10,13H,5-7H2,(H,15,16);2-5H,6H2,1H3,(H3,11,12)(H,13,14). The molecule has 0 saturated carbocycles. The normalized spacial score (nSPS) is 14.8. The Hall–Kier alpha value is -3.68. The molecule has 0 saturated heterocycles. The van der Waals surface area contributed by atoms with E-state index in [1.165, 1.54) is 6.92 Å². The second kappa shape index (κ2) is 10.8. The summed E-state index contributed by atoms with van der Waals surface area (Å²) in [6.07, 6.45) is 0.924. The maximum atomic E-state index is 11.7. The topological polar surface area (TPSA) is 145 Å². The van der Waals surface area contributed by atoms with Gasteiger partial charge in [-0.05, 0) is 23.6 Å². The summed E-state index contributed by atoms with van der Waals surface area (Å²) in [7, 11) is 0. The second-order valence-electron chi connectivity index (χ2n) is 6.94. The summed E-state index contributed by atoms with van der Waals surface area (Å²) in [5, 5.41) is 21.6. The van der Waals surface area contributed by atoms with Gasteiger partial charge in [-0.25, -0.2) is 0 Å². The number of aryl methyl sites for hydroxylation is 1. The lowest BCUT2D eigenvalue weighted by molar-refractivity contribution is -0.138. The highest BCUT2D eigenvalue weighted by Crippen LogP contribution is 2.23. The van der Waals surface area contributed by atoms with Crippen molar-refractivity contribution < 1.29 is 19.5 Å². The smallest absolute Gasteiger partial charge is 0.305 e. The molecule has 8 heteroatoms. The number of Topliss-reactive ketones (excluding diaryl/α,β-unsaturated/α-hetero) is 1. The number of carboxylic acid groups (broad SMARTS) is 1. The van der Waals surface area contributed by atoms with Crippen molar-refractivity contribution in [3.63, 3.8) is 0 Å². The molecule has 158 valence electrons. The molecular formula is C22H26N4O4. The predicted molar refractivity (Wildman–Crippen MR) is 114 cm³/mol. The molecule has 0 aromatic heterocycles. The van der Waals surface area contributed by atoms with Crippen LogP contribution >= 0.6 is 0 Å². The minimum Gasteiger partial charge on any atom is -0.481 e. The number of amidine groups is 1. The van der Waals surface area contributed by atoms with Crippen LogP contribution in [0.2, 0.25) is 0 Å². The SMILES string of the molecule is CC(=O)NCc1ccc(C(=N)N)cc1.O=C(O)CC1Nc2ccccc2CCC1=O. The molecule has 0 aliphatic carbocycles. The summed E-state index contributed by atoms with van der Waals surface area (Å²) in [5.41, 5.74) is 8.93. The molecule has 2 aromatic rings. The van der Waals surface area contributed by atoms with E-state index >= 15 is 0 Å². The van der Waals surface area contributed by atoms with Crippen LogP contribution in [-0.2, 0) is 27.3 Å². The van der Waals surface area contributed by atoms with Gasteiger partial charge in [0.2, 0.25) is 5.91 Å². The maximum Gasteiger partial charge on any atom is 0.305 e. The van der Waals surface area contributed by atoms with E-state index in [1.54, 1.807) is 12.1 Å². The van der Waals surface area contributed by atoms with Gasteiger partial charge in [0.15, 0.2) is 5.78 Å². The van der Waals surface area contributed by atoms with Gasteiger partial charge in [0.25, 0.3) is 0 Å². The van der Waals surface area contributed by atoms with Crippen molar-refractivity contribution in [1.82, 2.24) is 5.32 Å². The predicted octanol–water partition coefficient (Wildman–Crippen LogP) is 2.06. The van der Waals surface area contributed by atoms with Gasteiger partial charge in [0.05, 0.1) is 12.5 Å². The Balaban J connectivity index is 0.000000216. The molecule has 1 amide bonds. The minimum absolute atomic E-state index is 0.0291. The molecule has 0 fully saturated rings. The molecule has 2 aromatic carbocycles. The molecular weight excluding hydrogens is 384 g/mol. The largest absolute Gasteiger partial charge is 0.481 e. The van der Waals surface area contributed by atoms with E-state index in [0.717, 1.165) is 16.8 Å². The van der Waals surface area contributed by atoms with E-state index in [4.69, 9.17) is 16.2 Å². The quantitative estimate of drug-likeness (QED) is 0.377. The van der Waals surface area contributed by atoms with Gasteiger partial charge < -0.3 is 21.5 Å². The number of nitrogen functional groups attached to an aromatic ring is 1. The summed E-state index contributed by atoms with van der Waals surface area (Å²) in [6, 6.07) is 14.2. The number of carbonyl (C=O) groups excluding carboxylic acids is 2. The van der Waals surface area contributed by atoms with Crippen molar-refractivity contribution in [2.45, 2.75) is 38.8 Å². The Labute approximate surface area is 175 Å². The average molecular weight is 410 g/mol. The van der Waals surface area contributed by atoms with E-state index in [1.807, 2.05) is 36.4 Å². The lowest BCUT2D eigenvalue weighted by atomic mass is 10.0. The zero-order valence-electron chi connectivity index (χ0n) is 16.8. The zero-order valence-corrected chi connectivity index (χ0v) is 16.8. The van der Waals surface area contributed by atoms with Crippen molar-refractivity contribution in [3.05, 3.63) is 65.2 Å². The van der Waals surface area contributed by atoms with Gasteiger partial charge in [0.1, 0.15) is 5.84 Å². The summed E-state index contributed by atoms with van der Waals surface area (Å²) in [5.74, 6) is -0.986. The molecule has 6 N–H and O–H groups in total. The van der Waals surface area contributed by atoms with Crippen LogP contribution in [0.5, 0.6) is 0 Å². The lowest BCUT2D eigenvalue weighted by Crippen LogP contribution is -2.30. The lowest BCUT2D eigenvalue weighted by Gasteiger charge is -2.14. The van der Waals surface area contributed by atoms with E-state index in [0.29, 0.717) is 24.9 Å². The first-order valence-corrected chi connectivity index (χ1v) is 9.53. The molecule has 0 bridgehead atoms. The Bertz CT molecular complexity index is 925. The van der Waals surface area contributed by atoms with Gasteiger partial charge in [-0.3, -0.25) is 19.8 Å². The molecule has 0 radical (unpaired) electrons. The molecule has 30 heavy (non-hydrogen) atoms. The highest BCUT2D eigenvalue weighted by atomic mass is 16.4. The Morgan fingerprint density at radius 3 is 2.43 bits per heavy atom. The number of ketones is 1. The third-order valence-corrected chi connectivity index (χ3v) is 4.56. The van der Waals surface area contributed by atoms with Crippen molar-refractivity contribution in [2.75, 3.05) is 5.32 Å². The van der Waals surface area contributed by atoms with E-state index in [9.17, 15) is 14.4 Å². The average Bonchev–Trinajstić information content (AvgIpc) is 2.86. The van der Waals surface area contributed by atoms with Crippen molar-refractivity contribution >= 4 is 29.2 Å². The van der Waals surface area contributed by atoms with Crippen LogP contribution in [0.1, 0.15) is 36.5 Å². The second-order valence-corrected chi connectivity index (χ2v) is 6.94. The zero-order chi connectivity index (χ0) is 22.1. The van der Waals surface area contributed by atoms with Crippen molar-refractivity contribution in [3.8, 4) is 0 Å². The number of para-hydroxylation sites is 1. The van der Waals surface area contributed by atoms with E-state index in [-0.39, 0.29) is 23.9 Å². The molecule has 1 atom stereocenters. The molecule has 1 heterocycles. The first-order valence-electron chi connectivity index (χ1n) is 9.53. The first kappa shape index (κ1) is 22.6. The van der Waals surface area contributed by atoms with Crippen LogP contribution in [0.3, 0.4) is 0 Å². The molecule has 1 unspecified atom stereocenters. The number of carbonyl (C=O) groups is 3. The van der Waals surface area contributed by atoms with E-state index < -0.39 is 12.0 Å². The summed E-state index contributed by atoms with van der Waals surface area (Å²) in [4.78, 5) is 33.0. The number of aliphatic carboxylic acids is 1. The van der Waals surface area contributed by atoms with Crippen molar-refractivity contribution in [1.29, 1.82) is 5.41 Å². The summed E-state index contributed by atoms with van der Waals surface area (Å²) in [6.45, 7) is 1.98. The Kier molecular flexibility index (Phi) is 8.10. The number of amides is 1. The number of hydrogen-bond donors (Lipinski definition) is 5. The van der Waals surface area contributed by atoms with Crippen LogP contribution in [0.25, 0.3) is 0 Å². The molecule has 1 aliphatic heterocycles. The first-order chi connectivity index (χ1) is 14.3. The number of nitrogens with one attached hydrogen (secondary N) is 3. The van der Waals surface area contributed by atoms with E-state index in [2.05, 4.69) is 10.6 Å². The number of carboxylic acids is 1. The van der Waals surface area contributed by atoms with Crippen LogP contribution in [0.15, 0.2) is 48.5 Å². The maximum absolute atomic E-state index is 11.7. The fraction of sp³-hybridized carbons (Fsp3) is 0.273. The van der Waals surface area contributed by atoms with Gasteiger partial charge in [-0.2, -0.15) is 0 Å². The fourth-order valence-electron chi connectivity index (χ4n) is 2.95.